The van der Waals surface area contributed by atoms with Gasteiger partial charge in [0.15, 0.2) is 0 Å². The van der Waals surface area contributed by atoms with Crippen LogP contribution < -0.4 is 5.32 Å². The minimum atomic E-state index is -0.160. The lowest BCUT2D eigenvalue weighted by molar-refractivity contribution is 0.489. The van der Waals surface area contributed by atoms with Gasteiger partial charge in [-0.05, 0) is 25.5 Å². The van der Waals surface area contributed by atoms with Gasteiger partial charge in [0.2, 0.25) is 0 Å². The Hall–Kier alpha value is -1.68. The molecule has 0 unspecified atom stereocenters. The van der Waals surface area contributed by atoms with Crippen molar-refractivity contribution in [2.45, 2.75) is 26.4 Å². The first-order chi connectivity index (χ1) is 8.66. The summed E-state index contributed by atoms with van der Waals surface area (Å²) in [5, 5.41) is 7.50. The van der Waals surface area contributed by atoms with Crippen molar-refractivity contribution in [3.8, 4) is 0 Å². The van der Waals surface area contributed by atoms with Crippen molar-refractivity contribution in [3.05, 3.63) is 53.6 Å². The van der Waals surface area contributed by atoms with Crippen LogP contribution in [0.15, 0.2) is 36.7 Å². The van der Waals surface area contributed by atoms with Gasteiger partial charge in [-0.15, -0.1) is 0 Å². The van der Waals surface area contributed by atoms with Gasteiger partial charge in [-0.2, -0.15) is 5.10 Å². The van der Waals surface area contributed by atoms with Crippen molar-refractivity contribution in [2.75, 3.05) is 6.54 Å². The van der Waals surface area contributed by atoms with E-state index in [0.29, 0.717) is 5.56 Å². The summed E-state index contributed by atoms with van der Waals surface area (Å²) in [4.78, 5) is 0. The van der Waals surface area contributed by atoms with Crippen LogP contribution in [0.5, 0.6) is 0 Å². The maximum absolute atomic E-state index is 13.5. The normalized spacial score (nSPS) is 12.6. The van der Waals surface area contributed by atoms with Gasteiger partial charge >= 0.3 is 0 Å². The molecule has 2 rings (SSSR count). The fourth-order valence-electron chi connectivity index (χ4n) is 1.92. The van der Waals surface area contributed by atoms with Crippen molar-refractivity contribution in [1.29, 1.82) is 0 Å². The topological polar surface area (TPSA) is 29.9 Å². The van der Waals surface area contributed by atoms with Gasteiger partial charge in [-0.1, -0.05) is 18.2 Å². The van der Waals surface area contributed by atoms with Gasteiger partial charge in [-0.25, -0.2) is 4.39 Å². The summed E-state index contributed by atoms with van der Waals surface area (Å²) < 4.78 is 15.4. The molecule has 0 aliphatic rings. The third kappa shape index (κ3) is 3.17. The lowest BCUT2D eigenvalue weighted by Gasteiger charge is -2.14. The van der Waals surface area contributed by atoms with E-state index in [-0.39, 0.29) is 11.9 Å². The molecule has 96 valence electrons. The Morgan fingerprint density at radius 3 is 2.83 bits per heavy atom. The molecule has 1 atom stereocenters. The van der Waals surface area contributed by atoms with E-state index in [1.54, 1.807) is 6.07 Å². The second kappa shape index (κ2) is 5.78. The first-order valence-electron chi connectivity index (χ1n) is 6.13. The number of benzene rings is 1. The highest BCUT2D eigenvalue weighted by Gasteiger charge is 2.08. The number of nitrogens with zero attached hydrogens (tertiary/aromatic N) is 2. The Morgan fingerprint density at radius 1 is 1.39 bits per heavy atom. The van der Waals surface area contributed by atoms with Gasteiger partial charge < -0.3 is 5.32 Å². The summed E-state index contributed by atoms with van der Waals surface area (Å²) in [5.41, 5.74) is 1.85. The molecule has 0 radical (unpaired) electrons. The molecule has 1 aromatic carbocycles. The second-order valence-electron chi connectivity index (χ2n) is 4.48. The van der Waals surface area contributed by atoms with E-state index in [1.165, 1.54) is 6.07 Å². The van der Waals surface area contributed by atoms with E-state index in [1.807, 2.05) is 43.1 Å². The van der Waals surface area contributed by atoms with E-state index in [2.05, 4.69) is 10.4 Å². The average molecular weight is 247 g/mol. The van der Waals surface area contributed by atoms with Crippen molar-refractivity contribution in [3.63, 3.8) is 0 Å². The standard InChI is InChI=1S/C14H18FN3/c1-11-9-17-18(10-11)8-7-16-12(2)13-5-3-4-6-14(13)15/h3-6,9-10,12,16H,7-8H2,1-2H3/t12-/m0/s1. The number of nitrogens with one attached hydrogen (secondary N) is 1. The molecule has 0 saturated carbocycles. The molecule has 0 amide bonds. The van der Waals surface area contributed by atoms with Gasteiger partial charge in [0, 0.05) is 24.3 Å². The maximum Gasteiger partial charge on any atom is 0.127 e. The van der Waals surface area contributed by atoms with Crippen molar-refractivity contribution >= 4 is 0 Å². The lowest BCUT2D eigenvalue weighted by Crippen LogP contribution is -2.24. The molecule has 1 aromatic heterocycles. The zero-order chi connectivity index (χ0) is 13.0. The van der Waals surface area contributed by atoms with Gasteiger partial charge in [0.25, 0.3) is 0 Å². The minimum absolute atomic E-state index is 0.00265. The fraction of sp³-hybridized carbons (Fsp3) is 0.357. The predicted octanol–water partition coefficient (Wildman–Crippen LogP) is 2.68. The maximum atomic E-state index is 13.5. The number of hydrogen-bond acceptors (Lipinski definition) is 2. The van der Waals surface area contributed by atoms with Crippen molar-refractivity contribution in [2.24, 2.45) is 0 Å². The predicted molar refractivity (Wildman–Crippen MR) is 69.8 cm³/mol. The van der Waals surface area contributed by atoms with Crippen LogP contribution in [0.2, 0.25) is 0 Å². The van der Waals surface area contributed by atoms with Crippen LogP contribution in [0.25, 0.3) is 0 Å². The summed E-state index contributed by atoms with van der Waals surface area (Å²) in [6.45, 7) is 5.52. The Balaban J connectivity index is 1.85. The zero-order valence-corrected chi connectivity index (χ0v) is 10.7. The number of aryl methyl sites for hydroxylation is 1. The van der Waals surface area contributed by atoms with Crippen LogP contribution >= 0.6 is 0 Å². The molecule has 0 aliphatic carbocycles. The molecule has 1 N–H and O–H groups in total. The molecule has 0 bridgehead atoms. The number of halogens is 1. The Morgan fingerprint density at radius 2 is 2.17 bits per heavy atom. The van der Waals surface area contributed by atoms with Crippen LogP contribution in [-0.2, 0) is 6.54 Å². The largest absolute Gasteiger partial charge is 0.308 e. The van der Waals surface area contributed by atoms with E-state index < -0.39 is 0 Å². The molecule has 4 heteroatoms. The molecule has 0 spiro atoms. The Labute approximate surface area is 107 Å². The van der Waals surface area contributed by atoms with Crippen LogP contribution in [0.1, 0.15) is 24.1 Å². The molecule has 2 aromatic rings. The number of rotatable bonds is 5. The van der Waals surface area contributed by atoms with E-state index in [9.17, 15) is 4.39 Å². The second-order valence-corrected chi connectivity index (χ2v) is 4.48. The molecule has 0 aliphatic heterocycles. The van der Waals surface area contributed by atoms with Crippen LogP contribution in [0, 0.1) is 12.7 Å². The van der Waals surface area contributed by atoms with Crippen LogP contribution in [-0.4, -0.2) is 16.3 Å². The van der Waals surface area contributed by atoms with E-state index >= 15 is 0 Å². The smallest absolute Gasteiger partial charge is 0.127 e. The quantitative estimate of drug-likeness (QED) is 0.880. The van der Waals surface area contributed by atoms with Crippen LogP contribution in [0.4, 0.5) is 4.39 Å². The molecule has 3 nitrogen and oxygen atoms in total. The SMILES string of the molecule is Cc1cnn(CCN[C@@H](C)c2ccccc2F)c1. The first kappa shape index (κ1) is 12.8. The summed E-state index contributed by atoms with van der Waals surface area (Å²) >= 11 is 0. The Bertz CT molecular complexity index is 507. The molecular weight excluding hydrogens is 229 g/mol. The van der Waals surface area contributed by atoms with Gasteiger partial charge in [0.05, 0.1) is 12.7 Å². The van der Waals surface area contributed by atoms with E-state index in [4.69, 9.17) is 0 Å². The number of hydrogen-bond donors (Lipinski definition) is 1. The summed E-state index contributed by atoms with van der Waals surface area (Å²) in [7, 11) is 0. The molecular formula is C14H18FN3. The molecule has 0 fully saturated rings. The van der Waals surface area contributed by atoms with E-state index in [0.717, 1.165) is 18.7 Å². The highest BCUT2D eigenvalue weighted by Crippen LogP contribution is 2.15. The third-order valence-corrected chi connectivity index (χ3v) is 2.93. The van der Waals surface area contributed by atoms with Gasteiger partial charge in [0.1, 0.15) is 5.82 Å². The monoisotopic (exact) mass is 247 g/mol. The summed E-state index contributed by atoms with van der Waals surface area (Å²) in [5.74, 6) is -0.160. The highest BCUT2D eigenvalue weighted by atomic mass is 19.1. The van der Waals surface area contributed by atoms with Gasteiger partial charge in [-0.3, -0.25) is 4.68 Å². The highest BCUT2D eigenvalue weighted by molar-refractivity contribution is 5.20. The Kier molecular flexibility index (Phi) is 4.10. The third-order valence-electron chi connectivity index (χ3n) is 2.93. The average Bonchev–Trinajstić information content (AvgIpc) is 2.75. The summed E-state index contributed by atoms with van der Waals surface area (Å²) in [6.07, 6.45) is 3.83. The minimum Gasteiger partial charge on any atom is -0.308 e. The van der Waals surface area contributed by atoms with Crippen LogP contribution in [0.3, 0.4) is 0 Å². The molecule has 0 saturated heterocycles. The molecule has 18 heavy (non-hydrogen) atoms. The molecule has 1 heterocycles. The fourth-order valence-corrected chi connectivity index (χ4v) is 1.92. The zero-order valence-electron chi connectivity index (χ0n) is 10.7. The first-order valence-corrected chi connectivity index (χ1v) is 6.13. The van der Waals surface area contributed by atoms with Crippen molar-refractivity contribution < 1.29 is 4.39 Å². The number of aromatic nitrogens is 2. The van der Waals surface area contributed by atoms with Crippen molar-refractivity contribution in [1.82, 2.24) is 15.1 Å². The lowest BCUT2D eigenvalue weighted by atomic mass is 10.1. The summed E-state index contributed by atoms with van der Waals surface area (Å²) in [6, 6.07) is 6.86.